The smallest absolute Gasteiger partial charge is 0.342 e. The van der Waals surface area contributed by atoms with Gasteiger partial charge >= 0.3 is 5.97 Å². The van der Waals surface area contributed by atoms with Crippen LogP contribution in [0, 0.1) is 12.8 Å². The fraction of sp³-hybridized carbons (Fsp3) is 0.545. The third kappa shape index (κ3) is 4.86. The molecule has 0 fully saturated rings. The number of rotatable bonds is 9. The van der Waals surface area contributed by atoms with Crippen LogP contribution in [-0.2, 0) is 22.6 Å². The highest BCUT2D eigenvalue weighted by atomic mass is 16.5. The third-order valence-corrected chi connectivity index (χ3v) is 4.94. The molecule has 0 aromatic heterocycles. The van der Waals surface area contributed by atoms with Crippen molar-refractivity contribution in [3.63, 3.8) is 0 Å². The molecule has 154 valence electrons. The number of fused-ring (bicyclic) bond motifs is 1. The third-order valence-electron chi connectivity index (χ3n) is 4.94. The van der Waals surface area contributed by atoms with Gasteiger partial charge in [0, 0.05) is 24.1 Å². The van der Waals surface area contributed by atoms with Crippen molar-refractivity contribution in [2.24, 2.45) is 5.92 Å². The van der Waals surface area contributed by atoms with E-state index in [0.29, 0.717) is 48.8 Å². The topological polar surface area (TPSA) is 73.9 Å². The summed E-state index contributed by atoms with van der Waals surface area (Å²) in [5, 5.41) is 2.93. The molecule has 28 heavy (non-hydrogen) atoms. The zero-order valence-corrected chi connectivity index (χ0v) is 17.7. The molecule has 0 saturated heterocycles. The predicted molar refractivity (Wildman–Crippen MR) is 108 cm³/mol. The first kappa shape index (κ1) is 21.8. The summed E-state index contributed by atoms with van der Waals surface area (Å²) in [4.78, 5) is 24.1. The van der Waals surface area contributed by atoms with Crippen molar-refractivity contribution >= 4 is 11.9 Å². The number of hydrogen-bond donors (Lipinski definition) is 1. The van der Waals surface area contributed by atoms with Crippen LogP contribution in [0.1, 0.15) is 60.7 Å². The Morgan fingerprint density at radius 2 is 1.89 bits per heavy atom. The number of hydrogen-bond acceptors (Lipinski definition) is 5. The van der Waals surface area contributed by atoms with Crippen LogP contribution >= 0.6 is 0 Å². The van der Waals surface area contributed by atoms with E-state index in [2.05, 4.69) is 25.2 Å². The zero-order chi connectivity index (χ0) is 20.8. The number of amides is 1. The Morgan fingerprint density at radius 1 is 1.21 bits per heavy atom. The van der Waals surface area contributed by atoms with Crippen LogP contribution in [0.5, 0.6) is 11.5 Å². The maximum absolute atomic E-state index is 12.2. The lowest BCUT2D eigenvalue weighted by atomic mass is 9.94. The van der Waals surface area contributed by atoms with Crippen LogP contribution in [0.15, 0.2) is 11.6 Å². The molecule has 0 aliphatic carbocycles. The standard InChI is InChI=1S/C22H31NO5/c1-13(2)11-23-18(24)10-8-14(3)7-9-16-20(26-5)15(4)17-12-28-22(25)19(17)21(16)27-6/h7,13H,8-12H2,1-6H3,(H,23,24). The van der Waals surface area contributed by atoms with E-state index < -0.39 is 0 Å². The van der Waals surface area contributed by atoms with E-state index in [1.807, 2.05) is 13.8 Å². The van der Waals surface area contributed by atoms with E-state index in [4.69, 9.17) is 14.2 Å². The Bertz CT molecular complexity index is 780. The Labute approximate surface area is 167 Å². The monoisotopic (exact) mass is 389 g/mol. The summed E-state index contributed by atoms with van der Waals surface area (Å²) in [6.07, 6.45) is 3.74. The summed E-state index contributed by atoms with van der Waals surface area (Å²) < 4.78 is 16.4. The van der Waals surface area contributed by atoms with Crippen LogP contribution in [0.25, 0.3) is 0 Å². The van der Waals surface area contributed by atoms with Gasteiger partial charge in [-0.25, -0.2) is 4.79 Å². The SMILES string of the molecule is COc1c(C)c2c(c(OC)c1CC=C(C)CCC(=O)NCC(C)C)C(=O)OC2. The number of allylic oxidation sites excluding steroid dienone is 2. The summed E-state index contributed by atoms with van der Waals surface area (Å²) in [7, 11) is 3.17. The van der Waals surface area contributed by atoms with Crippen LogP contribution in [0.2, 0.25) is 0 Å². The number of carbonyl (C=O) groups is 2. The molecule has 1 heterocycles. The normalized spacial score (nSPS) is 13.4. The van der Waals surface area contributed by atoms with Gasteiger partial charge in [0.25, 0.3) is 0 Å². The average molecular weight is 389 g/mol. The quantitative estimate of drug-likeness (QED) is 0.515. The largest absolute Gasteiger partial charge is 0.496 e. The van der Waals surface area contributed by atoms with E-state index in [1.54, 1.807) is 14.2 Å². The highest BCUT2D eigenvalue weighted by molar-refractivity contribution is 5.98. The Hall–Kier alpha value is -2.50. The Morgan fingerprint density at radius 3 is 2.50 bits per heavy atom. The average Bonchev–Trinajstić information content (AvgIpc) is 3.05. The molecule has 0 saturated carbocycles. The van der Waals surface area contributed by atoms with Crippen LogP contribution < -0.4 is 14.8 Å². The second kappa shape index (κ2) is 9.62. The van der Waals surface area contributed by atoms with Gasteiger partial charge in [-0.05, 0) is 38.2 Å². The van der Waals surface area contributed by atoms with Gasteiger partial charge in [0.15, 0.2) is 0 Å². The van der Waals surface area contributed by atoms with Crippen LogP contribution in [0.3, 0.4) is 0 Å². The number of esters is 1. The highest BCUT2D eigenvalue weighted by Gasteiger charge is 2.32. The van der Waals surface area contributed by atoms with Crippen molar-refractivity contribution in [3.8, 4) is 11.5 Å². The molecule has 0 radical (unpaired) electrons. The maximum Gasteiger partial charge on any atom is 0.342 e. The second-order valence-electron chi connectivity index (χ2n) is 7.55. The highest BCUT2D eigenvalue weighted by Crippen LogP contribution is 2.42. The maximum atomic E-state index is 12.2. The van der Waals surface area contributed by atoms with Gasteiger partial charge in [-0.15, -0.1) is 0 Å². The number of methoxy groups -OCH3 is 2. The first-order valence-corrected chi connectivity index (χ1v) is 9.65. The number of ether oxygens (including phenoxy) is 3. The number of benzene rings is 1. The first-order valence-electron chi connectivity index (χ1n) is 9.65. The second-order valence-corrected chi connectivity index (χ2v) is 7.55. The minimum Gasteiger partial charge on any atom is -0.496 e. The van der Waals surface area contributed by atoms with Gasteiger partial charge in [0.1, 0.15) is 23.7 Å². The van der Waals surface area contributed by atoms with Crippen molar-refractivity contribution in [1.82, 2.24) is 5.32 Å². The molecule has 0 bridgehead atoms. The lowest BCUT2D eigenvalue weighted by molar-refractivity contribution is -0.121. The minimum atomic E-state index is -0.360. The van der Waals surface area contributed by atoms with E-state index in [-0.39, 0.29) is 18.5 Å². The predicted octanol–water partition coefficient (Wildman–Crippen LogP) is 3.72. The van der Waals surface area contributed by atoms with Gasteiger partial charge in [-0.2, -0.15) is 0 Å². The van der Waals surface area contributed by atoms with Gasteiger partial charge in [-0.1, -0.05) is 25.5 Å². The van der Waals surface area contributed by atoms with Crippen molar-refractivity contribution in [2.75, 3.05) is 20.8 Å². The van der Waals surface area contributed by atoms with Gasteiger partial charge in [-0.3, -0.25) is 4.79 Å². The van der Waals surface area contributed by atoms with Crippen molar-refractivity contribution in [2.45, 2.75) is 53.6 Å². The molecule has 0 atom stereocenters. The lowest BCUT2D eigenvalue weighted by Crippen LogP contribution is -2.26. The van der Waals surface area contributed by atoms with E-state index in [0.717, 1.165) is 22.3 Å². The van der Waals surface area contributed by atoms with Crippen LogP contribution in [-0.4, -0.2) is 32.6 Å². The minimum absolute atomic E-state index is 0.0627. The van der Waals surface area contributed by atoms with Gasteiger partial charge < -0.3 is 19.5 Å². The fourth-order valence-electron chi connectivity index (χ4n) is 3.33. The molecule has 1 N–H and O–H groups in total. The lowest BCUT2D eigenvalue weighted by Gasteiger charge is -2.18. The molecule has 0 spiro atoms. The number of cyclic esters (lactones) is 1. The van der Waals surface area contributed by atoms with Gasteiger partial charge in [0.2, 0.25) is 5.91 Å². The summed E-state index contributed by atoms with van der Waals surface area (Å²) in [5.74, 6) is 1.37. The fourth-order valence-corrected chi connectivity index (χ4v) is 3.33. The Kier molecular flexibility index (Phi) is 7.49. The zero-order valence-electron chi connectivity index (χ0n) is 17.7. The van der Waals surface area contributed by atoms with E-state index in [1.165, 1.54) is 0 Å². The van der Waals surface area contributed by atoms with Gasteiger partial charge in [0.05, 0.1) is 14.2 Å². The molecule has 1 amide bonds. The van der Waals surface area contributed by atoms with E-state index >= 15 is 0 Å². The van der Waals surface area contributed by atoms with Crippen molar-refractivity contribution in [3.05, 3.63) is 33.9 Å². The molecule has 0 unspecified atom stereocenters. The molecular formula is C22H31NO5. The Balaban J connectivity index is 2.18. The van der Waals surface area contributed by atoms with Crippen molar-refractivity contribution < 1.29 is 23.8 Å². The number of carbonyl (C=O) groups excluding carboxylic acids is 2. The molecule has 1 aromatic rings. The molecule has 1 aliphatic rings. The summed E-state index contributed by atoms with van der Waals surface area (Å²) in [5.41, 5.74) is 4.14. The summed E-state index contributed by atoms with van der Waals surface area (Å²) in [6.45, 7) is 9.01. The molecule has 2 rings (SSSR count). The van der Waals surface area contributed by atoms with E-state index in [9.17, 15) is 9.59 Å². The molecule has 6 heteroatoms. The molecular weight excluding hydrogens is 358 g/mol. The number of nitrogens with one attached hydrogen (secondary N) is 1. The van der Waals surface area contributed by atoms with Crippen LogP contribution in [0.4, 0.5) is 0 Å². The molecule has 1 aliphatic heterocycles. The summed E-state index contributed by atoms with van der Waals surface area (Å²) in [6, 6.07) is 0. The first-order chi connectivity index (χ1) is 13.3. The molecule has 1 aromatic carbocycles. The van der Waals surface area contributed by atoms with Crippen molar-refractivity contribution in [1.29, 1.82) is 0 Å². The summed E-state index contributed by atoms with van der Waals surface area (Å²) >= 11 is 0. The molecule has 6 nitrogen and oxygen atoms in total.